The predicted molar refractivity (Wildman–Crippen MR) is 84.9 cm³/mol. The van der Waals surface area contributed by atoms with E-state index in [1.54, 1.807) is 12.1 Å². The van der Waals surface area contributed by atoms with Crippen LogP contribution in [-0.4, -0.2) is 58.8 Å². The highest BCUT2D eigenvalue weighted by molar-refractivity contribution is 5.96. The number of pyridine rings is 1. The summed E-state index contributed by atoms with van der Waals surface area (Å²) in [5.41, 5.74) is 0.403. The third-order valence-corrected chi connectivity index (χ3v) is 4.57. The van der Waals surface area contributed by atoms with E-state index < -0.39 is 12.0 Å². The number of amides is 1. The van der Waals surface area contributed by atoms with Gasteiger partial charge in [-0.3, -0.25) is 4.79 Å². The van der Waals surface area contributed by atoms with Crippen molar-refractivity contribution in [3.05, 3.63) is 23.9 Å². The number of carboxylic acid groups (broad SMARTS) is 1. The molecule has 7 nitrogen and oxygen atoms in total. The number of aromatic nitrogens is 1. The highest BCUT2D eigenvalue weighted by Crippen LogP contribution is 2.25. The van der Waals surface area contributed by atoms with E-state index in [2.05, 4.69) is 4.98 Å². The number of hydrogen-bond acceptors (Lipinski definition) is 5. The minimum absolute atomic E-state index is 0.0505. The lowest BCUT2D eigenvalue weighted by molar-refractivity contribution is -0.144. The van der Waals surface area contributed by atoms with Crippen LogP contribution in [0, 0.1) is 5.92 Å². The molecule has 1 amide bonds. The van der Waals surface area contributed by atoms with Gasteiger partial charge in [0.05, 0.1) is 13.2 Å². The number of carbonyl (C=O) groups is 2. The van der Waals surface area contributed by atoms with Gasteiger partial charge in [-0.05, 0) is 24.8 Å². The Kier molecular flexibility index (Phi) is 4.99. The van der Waals surface area contributed by atoms with Gasteiger partial charge in [-0.15, -0.1) is 0 Å². The largest absolute Gasteiger partial charge is 0.480 e. The average Bonchev–Trinajstić information content (AvgIpc) is 3.07. The Bertz CT molecular complexity index is 615. The Balaban J connectivity index is 1.74. The van der Waals surface area contributed by atoms with Crippen molar-refractivity contribution >= 4 is 11.9 Å². The van der Waals surface area contributed by atoms with Gasteiger partial charge in [0, 0.05) is 30.8 Å². The molecule has 2 saturated heterocycles. The fourth-order valence-electron chi connectivity index (χ4n) is 3.17. The lowest BCUT2D eigenvalue weighted by atomic mass is 9.92. The van der Waals surface area contributed by atoms with Crippen molar-refractivity contribution in [3.63, 3.8) is 0 Å². The zero-order chi connectivity index (χ0) is 17.1. The molecule has 1 aromatic heterocycles. The van der Waals surface area contributed by atoms with E-state index in [0.717, 1.165) is 12.8 Å². The molecular formula is C17H22N2O5. The predicted octanol–water partition coefficient (Wildman–Crippen LogP) is 1.57. The van der Waals surface area contributed by atoms with E-state index in [1.165, 1.54) is 11.1 Å². The highest BCUT2D eigenvalue weighted by atomic mass is 16.5. The van der Waals surface area contributed by atoms with Gasteiger partial charge in [0.2, 0.25) is 5.88 Å². The van der Waals surface area contributed by atoms with Crippen LogP contribution in [0.2, 0.25) is 0 Å². The van der Waals surface area contributed by atoms with Gasteiger partial charge in [0.15, 0.2) is 0 Å². The number of nitrogens with zero attached hydrogens (tertiary/aromatic N) is 2. The smallest absolute Gasteiger partial charge is 0.326 e. The molecule has 1 aromatic rings. The maximum absolute atomic E-state index is 12.8. The van der Waals surface area contributed by atoms with E-state index in [0.29, 0.717) is 43.5 Å². The summed E-state index contributed by atoms with van der Waals surface area (Å²) >= 11 is 0. The standard InChI is InChI=1S/C17H22N2O5/c1-11-3-6-19(14(8-11)17(21)22)16(20)12-2-5-18-15(9-12)24-13-4-7-23-10-13/h2,5,9,11,13-14H,3-4,6-8,10H2,1H3,(H,21,22). The summed E-state index contributed by atoms with van der Waals surface area (Å²) in [4.78, 5) is 29.8. The van der Waals surface area contributed by atoms with Crippen molar-refractivity contribution in [2.75, 3.05) is 19.8 Å². The lowest BCUT2D eigenvalue weighted by Gasteiger charge is -2.36. The summed E-state index contributed by atoms with van der Waals surface area (Å²) in [6.07, 6.45) is 3.55. The molecule has 0 aliphatic carbocycles. The van der Waals surface area contributed by atoms with Crippen LogP contribution in [0.4, 0.5) is 0 Å². The Morgan fingerprint density at radius 2 is 2.25 bits per heavy atom. The summed E-state index contributed by atoms with van der Waals surface area (Å²) in [7, 11) is 0. The molecule has 0 saturated carbocycles. The monoisotopic (exact) mass is 334 g/mol. The van der Waals surface area contributed by atoms with E-state index in [9.17, 15) is 14.7 Å². The fourth-order valence-corrected chi connectivity index (χ4v) is 3.17. The number of ether oxygens (including phenoxy) is 2. The molecule has 7 heteroatoms. The lowest BCUT2D eigenvalue weighted by Crippen LogP contribution is -2.49. The second-order valence-corrected chi connectivity index (χ2v) is 6.47. The van der Waals surface area contributed by atoms with Crippen LogP contribution in [0.25, 0.3) is 0 Å². The van der Waals surface area contributed by atoms with Crippen molar-refractivity contribution in [3.8, 4) is 5.88 Å². The molecule has 0 radical (unpaired) electrons. The molecule has 2 aliphatic rings. The topological polar surface area (TPSA) is 89.0 Å². The first-order chi connectivity index (χ1) is 11.5. The molecule has 3 unspecified atom stereocenters. The average molecular weight is 334 g/mol. The number of aliphatic carboxylic acids is 1. The van der Waals surface area contributed by atoms with Crippen molar-refractivity contribution in [2.45, 2.75) is 38.3 Å². The van der Waals surface area contributed by atoms with Gasteiger partial charge in [0.25, 0.3) is 5.91 Å². The molecule has 3 rings (SSSR count). The Morgan fingerprint density at radius 3 is 2.96 bits per heavy atom. The van der Waals surface area contributed by atoms with Crippen molar-refractivity contribution in [1.82, 2.24) is 9.88 Å². The molecule has 24 heavy (non-hydrogen) atoms. The highest BCUT2D eigenvalue weighted by Gasteiger charge is 2.35. The normalized spacial score (nSPS) is 27.0. The number of carbonyl (C=O) groups excluding carboxylic acids is 1. The maximum atomic E-state index is 12.8. The zero-order valence-corrected chi connectivity index (χ0v) is 13.7. The van der Waals surface area contributed by atoms with Crippen LogP contribution in [0.5, 0.6) is 5.88 Å². The molecular weight excluding hydrogens is 312 g/mol. The van der Waals surface area contributed by atoms with Crippen LogP contribution in [0.15, 0.2) is 18.3 Å². The van der Waals surface area contributed by atoms with E-state index >= 15 is 0 Å². The number of likely N-dealkylation sites (tertiary alicyclic amines) is 1. The molecule has 3 heterocycles. The Morgan fingerprint density at radius 1 is 1.42 bits per heavy atom. The number of carboxylic acids is 1. The molecule has 0 bridgehead atoms. The Hall–Kier alpha value is -2.15. The molecule has 0 aromatic carbocycles. The quantitative estimate of drug-likeness (QED) is 0.899. The summed E-state index contributed by atoms with van der Waals surface area (Å²) in [6, 6.07) is 2.40. The first kappa shape index (κ1) is 16.7. The number of hydrogen-bond donors (Lipinski definition) is 1. The van der Waals surface area contributed by atoms with Gasteiger partial charge in [-0.2, -0.15) is 0 Å². The molecule has 130 valence electrons. The van der Waals surface area contributed by atoms with E-state index in [4.69, 9.17) is 9.47 Å². The van der Waals surface area contributed by atoms with Crippen LogP contribution < -0.4 is 4.74 Å². The van der Waals surface area contributed by atoms with Gasteiger partial charge < -0.3 is 19.5 Å². The maximum Gasteiger partial charge on any atom is 0.326 e. The van der Waals surface area contributed by atoms with Gasteiger partial charge >= 0.3 is 5.97 Å². The Labute approximate surface area is 140 Å². The van der Waals surface area contributed by atoms with Gasteiger partial charge in [0.1, 0.15) is 12.1 Å². The van der Waals surface area contributed by atoms with Crippen molar-refractivity contribution in [1.29, 1.82) is 0 Å². The third-order valence-electron chi connectivity index (χ3n) is 4.57. The second-order valence-electron chi connectivity index (χ2n) is 6.47. The van der Waals surface area contributed by atoms with Crippen molar-refractivity contribution in [2.24, 2.45) is 5.92 Å². The first-order valence-electron chi connectivity index (χ1n) is 8.29. The van der Waals surface area contributed by atoms with E-state index in [-0.39, 0.29) is 12.0 Å². The van der Waals surface area contributed by atoms with Gasteiger partial charge in [-0.1, -0.05) is 6.92 Å². The first-order valence-corrected chi connectivity index (χ1v) is 8.29. The SMILES string of the molecule is CC1CCN(C(=O)c2ccnc(OC3CCOC3)c2)C(C(=O)O)C1. The van der Waals surface area contributed by atoms with Crippen LogP contribution in [-0.2, 0) is 9.53 Å². The summed E-state index contributed by atoms with van der Waals surface area (Å²) in [5, 5.41) is 9.42. The molecule has 2 fully saturated rings. The third kappa shape index (κ3) is 3.67. The molecule has 0 spiro atoms. The summed E-state index contributed by atoms with van der Waals surface area (Å²) < 4.78 is 11.0. The zero-order valence-electron chi connectivity index (χ0n) is 13.7. The second kappa shape index (κ2) is 7.17. The molecule has 3 atom stereocenters. The van der Waals surface area contributed by atoms with Crippen LogP contribution in [0.1, 0.15) is 36.5 Å². The summed E-state index contributed by atoms with van der Waals surface area (Å²) in [6.45, 7) is 3.65. The molecule has 1 N–H and O–H groups in total. The molecule has 2 aliphatic heterocycles. The number of piperidine rings is 1. The van der Waals surface area contributed by atoms with E-state index in [1.807, 2.05) is 6.92 Å². The van der Waals surface area contributed by atoms with Crippen LogP contribution >= 0.6 is 0 Å². The minimum Gasteiger partial charge on any atom is -0.480 e. The van der Waals surface area contributed by atoms with Crippen LogP contribution in [0.3, 0.4) is 0 Å². The summed E-state index contributed by atoms with van der Waals surface area (Å²) in [5.74, 6) is -0.574. The van der Waals surface area contributed by atoms with Crippen molar-refractivity contribution < 1.29 is 24.2 Å². The number of rotatable bonds is 4. The fraction of sp³-hybridized carbons (Fsp3) is 0.588. The van der Waals surface area contributed by atoms with Gasteiger partial charge in [-0.25, -0.2) is 9.78 Å². The minimum atomic E-state index is -0.955.